The van der Waals surface area contributed by atoms with E-state index < -0.39 is 23.6 Å². The van der Waals surface area contributed by atoms with Crippen LogP contribution in [0.1, 0.15) is 21.6 Å². The van der Waals surface area contributed by atoms with Crippen LogP contribution in [-0.4, -0.2) is 37.2 Å². The Bertz CT molecular complexity index is 1020. The number of aromatic hydroxyl groups is 1. The highest BCUT2D eigenvalue weighted by Crippen LogP contribution is 2.32. The van der Waals surface area contributed by atoms with E-state index >= 15 is 0 Å². The molecule has 0 saturated heterocycles. The van der Waals surface area contributed by atoms with E-state index in [1.54, 1.807) is 6.08 Å². The number of carboxylic acids is 1. The van der Waals surface area contributed by atoms with E-state index in [9.17, 15) is 24.2 Å². The van der Waals surface area contributed by atoms with E-state index in [1.807, 2.05) is 0 Å². The summed E-state index contributed by atoms with van der Waals surface area (Å²) in [6, 6.07) is 7.89. The van der Waals surface area contributed by atoms with Gasteiger partial charge in [-0.1, -0.05) is 18.2 Å². The molecule has 7 nitrogen and oxygen atoms in total. The van der Waals surface area contributed by atoms with Gasteiger partial charge in [0.25, 0.3) is 0 Å². The molecule has 3 N–H and O–H groups in total. The molecular formula is C17H11FN2O5. The Balaban J connectivity index is 2.19. The van der Waals surface area contributed by atoms with Crippen molar-refractivity contribution in [3.05, 3.63) is 59.0 Å². The lowest BCUT2D eigenvalue weighted by atomic mass is 10.1. The fourth-order valence-electron chi connectivity index (χ4n) is 2.41. The number of halogens is 1. The van der Waals surface area contributed by atoms with Gasteiger partial charge in [-0.2, -0.15) is 9.78 Å². The van der Waals surface area contributed by atoms with E-state index in [2.05, 4.69) is 5.10 Å². The van der Waals surface area contributed by atoms with Crippen LogP contribution in [0.15, 0.2) is 36.4 Å². The van der Waals surface area contributed by atoms with Crippen LogP contribution in [0, 0.1) is 5.82 Å². The fraction of sp³-hybridized carbons (Fsp3) is 0. The van der Waals surface area contributed by atoms with E-state index in [-0.39, 0.29) is 22.2 Å². The Morgan fingerprint density at radius 2 is 1.72 bits per heavy atom. The predicted octanol–water partition coefficient (Wildman–Crippen LogP) is 3.28. The molecular weight excluding hydrogens is 331 g/mol. The Labute approximate surface area is 139 Å². The van der Waals surface area contributed by atoms with Crippen LogP contribution in [0.25, 0.3) is 23.1 Å². The third kappa shape index (κ3) is 2.92. The summed E-state index contributed by atoms with van der Waals surface area (Å²) in [6.45, 7) is 0. The van der Waals surface area contributed by atoms with E-state index in [1.165, 1.54) is 36.4 Å². The fourth-order valence-corrected chi connectivity index (χ4v) is 2.41. The number of hydrogen-bond donors (Lipinski definition) is 3. The topological polar surface area (TPSA) is 113 Å². The zero-order valence-electron chi connectivity index (χ0n) is 12.5. The van der Waals surface area contributed by atoms with Gasteiger partial charge in [-0.25, -0.2) is 14.0 Å². The summed E-state index contributed by atoms with van der Waals surface area (Å²) in [5.74, 6) is -2.33. The number of carboxylic acid groups (broad SMARTS) is 2. The molecule has 8 heteroatoms. The van der Waals surface area contributed by atoms with Gasteiger partial charge in [0, 0.05) is 0 Å². The molecule has 2 aromatic carbocycles. The minimum Gasteiger partial charge on any atom is -0.506 e. The molecule has 0 saturated carbocycles. The zero-order chi connectivity index (χ0) is 18.1. The molecule has 0 fully saturated rings. The molecule has 0 aliphatic heterocycles. The minimum atomic E-state index is -1.38. The highest BCUT2D eigenvalue weighted by molar-refractivity contribution is 6.04. The number of aromatic carboxylic acids is 1. The maximum atomic E-state index is 12.9. The number of benzene rings is 2. The summed E-state index contributed by atoms with van der Waals surface area (Å²) in [5, 5.41) is 32.4. The number of hydrogen-bond acceptors (Lipinski definition) is 4. The summed E-state index contributed by atoms with van der Waals surface area (Å²) < 4.78 is 13.6. The van der Waals surface area contributed by atoms with Crippen LogP contribution in [0.5, 0.6) is 5.75 Å². The molecule has 0 unspecified atom stereocenters. The third-order valence-corrected chi connectivity index (χ3v) is 3.56. The molecule has 0 radical (unpaired) electrons. The molecule has 0 bridgehead atoms. The van der Waals surface area contributed by atoms with E-state index in [0.29, 0.717) is 10.2 Å². The lowest BCUT2D eigenvalue weighted by Gasteiger charge is -2.02. The van der Waals surface area contributed by atoms with Crippen LogP contribution in [0.4, 0.5) is 9.18 Å². The summed E-state index contributed by atoms with van der Waals surface area (Å²) in [6.07, 6.45) is 1.58. The monoisotopic (exact) mass is 342 g/mol. The second kappa shape index (κ2) is 6.08. The van der Waals surface area contributed by atoms with Gasteiger partial charge < -0.3 is 15.3 Å². The largest absolute Gasteiger partial charge is 0.506 e. The van der Waals surface area contributed by atoms with Crippen LogP contribution in [0.3, 0.4) is 0 Å². The van der Waals surface area contributed by atoms with Gasteiger partial charge in [0.1, 0.15) is 17.1 Å². The lowest BCUT2D eigenvalue weighted by Crippen LogP contribution is -2.09. The first-order valence-corrected chi connectivity index (χ1v) is 7.03. The Morgan fingerprint density at radius 3 is 2.32 bits per heavy atom. The summed E-state index contributed by atoms with van der Waals surface area (Å²) in [4.78, 5) is 22.5. The lowest BCUT2D eigenvalue weighted by molar-refractivity contribution is 0.0694. The van der Waals surface area contributed by atoms with Crippen LogP contribution >= 0.6 is 0 Å². The molecule has 0 aliphatic rings. The maximum absolute atomic E-state index is 12.9. The van der Waals surface area contributed by atoms with Gasteiger partial charge >= 0.3 is 12.1 Å². The molecule has 0 amide bonds. The normalized spacial score (nSPS) is 11.2. The van der Waals surface area contributed by atoms with Crippen molar-refractivity contribution in [2.24, 2.45) is 0 Å². The van der Waals surface area contributed by atoms with Crippen molar-refractivity contribution in [2.45, 2.75) is 0 Å². The van der Waals surface area contributed by atoms with Crippen LogP contribution in [0.2, 0.25) is 0 Å². The van der Waals surface area contributed by atoms with Gasteiger partial charge in [0.05, 0.1) is 16.6 Å². The molecule has 3 rings (SSSR count). The first-order chi connectivity index (χ1) is 11.9. The van der Waals surface area contributed by atoms with Crippen molar-refractivity contribution >= 4 is 35.1 Å². The SMILES string of the molecule is O=C(O)c1ccc2c(c(C=Cc3ccc(F)cc3)nn2C(=O)O)c1O. The van der Waals surface area contributed by atoms with Crippen molar-refractivity contribution in [3.8, 4) is 5.75 Å². The van der Waals surface area contributed by atoms with E-state index in [0.717, 1.165) is 6.07 Å². The van der Waals surface area contributed by atoms with Crippen molar-refractivity contribution in [3.63, 3.8) is 0 Å². The van der Waals surface area contributed by atoms with Gasteiger partial charge in [-0.3, -0.25) is 0 Å². The molecule has 1 aromatic heterocycles. The highest BCUT2D eigenvalue weighted by Gasteiger charge is 2.21. The van der Waals surface area contributed by atoms with Crippen molar-refractivity contribution < 1.29 is 29.3 Å². The number of phenols is 1. The molecule has 126 valence electrons. The molecule has 1 heterocycles. The molecule has 0 spiro atoms. The Kier molecular flexibility index (Phi) is 3.94. The maximum Gasteiger partial charge on any atom is 0.432 e. The Morgan fingerprint density at radius 1 is 1.04 bits per heavy atom. The first kappa shape index (κ1) is 16.2. The van der Waals surface area contributed by atoms with E-state index in [4.69, 9.17) is 5.11 Å². The average molecular weight is 342 g/mol. The zero-order valence-corrected chi connectivity index (χ0v) is 12.5. The van der Waals surface area contributed by atoms with Gasteiger partial charge in [-0.05, 0) is 35.9 Å². The number of rotatable bonds is 3. The highest BCUT2D eigenvalue weighted by atomic mass is 19.1. The number of carbonyl (C=O) groups is 2. The summed E-state index contributed by atoms with van der Waals surface area (Å²) >= 11 is 0. The number of fused-ring (bicyclic) bond motifs is 1. The molecule has 0 atom stereocenters. The summed E-state index contributed by atoms with van der Waals surface area (Å²) in [7, 11) is 0. The Hall–Kier alpha value is -3.68. The summed E-state index contributed by atoms with van der Waals surface area (Å²) in [5.41, 5.74) is 0.373. The quantitative estimate of drug-likeness (QED) is 0.673. The predicted molar refractivity (Wildman–Crippen MR) is 87.1 cm³/mol. The van der Waals surface area contributed by atoms with Crippen molar-refractivity contribution in [2.75, 3.05) is 0 Å². The van der Waals surface area contributed by atoms with Gasteiger partial charge in [0.2, 0.25) is 0 Å². The minimum absolute atomic E-state index is 0.000613. The third-order valence-electron chi connectivity index (χ3n) is 3.56. The number of nitrogens with zero attached hydrogens (tertiary/aromatic N) is 2. The molecule has 3 aromatic rings. The molecule has 0 aliphatic carbocycles. The van der Waals surface area contributed by atoms with Crippen molar-refractivity contribution in [1.82, 2.24) is 9.78 Å². The van der Waals surface area contributed by atoms with Gasteiger partial charge in [-0.15, -0.1) is 0 Å². The standard InChI is InChI=1S/C17H11FN2O5/c18-10-4-1-9(2-5-10)3-7-12-14-13(20(19-12)17(24)25)8-6-11(15(14)21)16(22)23/h1-8,21H,(H,22,23)(H,24,25). The molecule has 25 heavy (non-hydrogen) atoms. The van der Waals surface area contributed by atoms with Crippen LogP contribution in [-0.2, 0) is 0 Å². The van der Waals surface area contributed by atoms with Crippen molar-refractivity contribution in [1.29, 1.82) is 0 Å². The smallest absolute Gasteiger partial charge is 0.432 e. The van der Waals surface area contributed by atoms with Gasteiger partial charge in [0.15, 0.2) is 0 Å². The van der Waals surface area contributed by atoms with Crippen LogP contribution < -0.4 is 0 Å². The first-order valence-electron chi connectivity index (χ1n) is 7.03. The second-order valence-corrected chi connectivity index (χ2v) is 5.13. The average Bonchev–Trinajstić information content (AvgIpc) is 2.94. The second-order valence-electron chi connectivity index (χ2n) is 5.13. The number of aromatic nitrogens is 2.